The van der Waals surface area contributed by atoms with Gasteiger partial charge < -0.3 is 4.74 Å². The van der Waals surface area contributed by atoms with Crippen LogP contribution in [-0.4, -0.2) is 0 Å². The molecule has 1 aromatic rings. The van der Waals surface area contributed by atoms with E-state index in [2.05, 4.69) is 11.7 Å². The Morgan fingerprint density at radius 1 is 1.24 bits per heavy atom. The van der Waals surface area contributed by atoms with Crippen LogP contribution in [0.2, 0.25) is 0 Å². The Balaban J connectivity index is 1.99. The summed E-state index contributed by atoms with van der Waals surface area (Å²) >= 11 is 0. The fourth-order valence-electron chi connectivity index (χ4n) is 3.17. The predicted molar refractivity (Wildman–Crippen MR) is 76.9 cm³/mol. The van der Waals surface area contributed by atoms with Gasteiger partial charge in [-0.2, -0.15) is 8.78 Å². The molecule has 0 heterocycles. The summed E-state index contributed by atoms with van der Waals surface area (Å²) in [7, 11) is 0. The first-order chi connectivity index (χ1) is 10.1. The Bertz CT molecular complexity index is 487. The Labute approximate surface area is 123 Å². The molecule has 1 nitrogen and oxygen atoms in total. The minimum Gasteiger partial charge on any atom is -0.456 e. The van der Waals surface area contributed by atoms with Crippen molar-refractivity contribution in [3.63, 3.8) is 0 Å². The highest BCUT2D eigenvalue weighted by molar-refractivity contribution is 5.32. The lowest BCUT2D eigenvalue weighted by atomic mass is 9.77. The van der Waals surface area contributed by atoms with Crippen LogP contribution in [-0.2, 0) is 0 Å². The van der Waals surface area contributed by atoms with Crippen LogP contribution in [0.25, 0.3) is 0 Å². The Morgan fingerprint density at radius 3 is 2.52 bits per heavy atom. The quantitative estimate of drug-likeness (QED) is 0.604. The first kappa shape index (κ1) is 15.9. The van der Waals surface area contributed by atoms with Crippen molar-refractivity contribution in [2.45, 2.75) is 51.4 Å². The smallest absolute Gasteiger partial charge is 0.305 e. The Kier molecular flexibility index (Phi) is 5.71. The summed E-state index contributed by atoms with van der Waals surface area (Å²) in [6, 6.07) is 4.64. The molecular weight excluding hydrogens is 277 g/mol. The minimum atomic E-state index is -1.98. The molecule has 1 aliphatic carbocycles. The summed E-state index contributed by atoms with van der Waals surface area (Å²) in [5, 5.41) is 0. The molecule has 1 saturated carbocycles. The molecule has 1 aromatic carbocycles. The van der Waals surface area contributed by atoms with E-state index in [0.717, 1.165) is 24.3 Å². The second-order valence-corrected chi connectivity index (χ2v) is 5.72. The summed E-state index contributed by atoms with van der Waals surface area (Å²) < 4.78 is 42.3. The van der Waals surface area contributed by atoms with E-state index in [1.807, 2.05) is 0 Å². The van der Waals surface area contributed by atoms with E-state index < -0.39 is 11.9 Å². The first-order valence-corrected chi connectivity index (χ1v) is 7.57. The van der Waals surface area contributed by atoms with Gasteiger partial charge in [-0.1, -0.05) is 25.8 Å². The Morgan fingerprint density at radius 2 is 1.95 bits per heavy atom. The van der Waals surface area contributed by atoms with Crippen molar-refractivity contribution in [3.8, 4) is 5.75 Å². The molecule has 0 bridgehead atoms. The number of halogens is 3. The molecule has 0 amide bonds. The van der Waals surface area contributed by atoms with Crippen LogP contribution in [0, 0.1) is 11.7 Å². The van der Waals surface area contributed by atoms with Crippen molar-refractivity contribution in [2.24, 2.45) is 5.92 Å². The van der Waals surface area contributed by atoms with Crippen molar-refractivity contribution in [3.05, 3.63) is 41.9 Å². The number of hydrogen-bond acceptors (Lipinski definition) is 1. The largest absolute Gasteiger partial charge is 0.456 e. The fraction of sp³-hybridized carbons (Fsp3) is 0.529. The highest BCUT2D eigenvalue weighted by Gasteiger charge is 2.22. The van der Waals surface area contributed by atoms with Gasteiger partial charge in [-0.3, -0.25) is 0 Å². The summed E-state index contributed by atoms with van der Waals surface area (Å²) in [4.78, 5) is 0. The average molecular weight is 298 g/mol. The molecule has 0 saturated heterocycles. The molecule has 0 atom stereocenters. The van der Waals surface area contributed by atoms with Gasteiger partial charge in [0, 0.05) is 0 Å². The second-order valence-electron chi connectivity index (χ2n) is 5.72. The SMILES string of the molecule is CCCC1CCC(c2ccc(OC=C(F)F)c(F)c2)CC1. The third kappa shape index (κ3) is 4.51. The van der Waals surface area contributed by atoms with Gasteiger partial charge in [0.15, 0.2) is 17.8 Å². The predicted octanol–water partition coefficient (Wildman–Crippen LogP) is 6.02. The lowest BCUT2D eigenvalue weighted by Crippen LogP contribution is -2.13. The summed E-state index contributed by atoms with van der Waals surface area (Å²) in [6.07, 6.45) is 5.29. The van der Waals surface area contributed by atoms with Gasteiger partial charge >= 0.3 is 6.08 Å². The lowest BCUT2D eigenvalue weighted by Gasteiger charge is -2.28. The molecule has 21 heavy (non-hydrogen) atoms. The summed E-state index contributed by atoms with van der Waals surface area (Å²) in [5.74, 6) is 0.429. The van der Waals surface area contributed by atoms with Crippen LogP contribution in [0.15, 0.2) is 30.5 Å². The standard InChI is InChI=1S/C17H21F3O/c1-2-3-12-4-6-13(7-5-12)14-8-9-16(15(18)10-14)21-11-17(19)20/h8-13H,2-7H2,1H3. The summed E-state index contributed by atoms with van der Waals surface area (Å²) in [5.41, 5.74) is 0.944. The second kappa shape index (κ2) is 7.53. The van der Waals surface area contributed by atoms with Crippen LogP contribution in [0.1, 0.15) is 56.9 Å². The molecule has 0 unspecified atom stereocenters. The maximum absolute atomic E-state index is 13.9. The lowest BCUT2D eigenvalue weighted by molar-refractivity contribution is 0.307. The number of hydrogen-bond donors (Lipinski definition) is 0. The van der Waals surface area contributed by atoms with Gasteiger partial charge in [-0.15, -0.1) is 0 Å². The van der Waals surface area contributed by atoms with E-state index in [1.165, 1.54) is 37.8 Å². The molecule has 1 aliphatic rings. The monoisotopic (exact) mass is 298 g/mol. The van der Waals surface area contributed by atoms with E-state index in [4.69, 9.17) is 0 Å². The van der Waals surface area contributed by atoms with E-state index in [0.29, 0.717) is 5.92 Å². The van der Waals surface area contributed by atoms with Crippen LogP contribution in [0.4, 0.5) is 13.2 Å². The van der Waals surface area contributed by atoms with E-state index in [-0.39, 0.29) is 12.0 Å². The minimum absolute atomic E-state index is 0.161. The number of benzene rings is 1. The van der Waals surface area contributed by atoms with Crippen molar-refractivity contribution in [1.82, 2.24) is 0 Å². The third-order valence-electron chi connectivity index (χ3n) is 4.25. The fourth-order valence-corrected chi connectivity index (χ4v) is 3.17. The molecule has 0 spiro atoms. The molecule has 4 heteroatoms. The average Bonchev–Trinajstić information content (AvgIpc) is 2.47. The van der Waals surface area contributed by atoms with Gasteiger partial charge in [0.25, 0.3) is 0 Å². The van der Waals surface area contributed by atoms with Crippen LogP contribution in [0.3, 0.4) is 0 Å². The summed E-state index contributed by atoms with van der Waals surface area (Å²) in [6.45, 7) is 2.20. The van der Waals surface area contributed by atoms with E-state index >= 15 is 0 Å². The molecular formula is C17H21F3O. The molecule has 1 fully saturated rings. The van der Waals surface area contributed by atoms with Crippen molar-refractivity contribution >= 4 is 0 Å². The first-order valence-electron chi connectivity index (χ1n) is 7.57. The third-order valence-corrected chi connectivity index (χ3v) is 4.25. The van der Waals surface area contributed by atoms with Gasteiger partial charge in [-0.25, -0.2) is 4.39 Å². The van der Waals surface area contributed by atoms with Crippen LogP contribution >= 0.6 is 0 Å². The highest BCUT2D eigenvalue weighted by atomic mass is 19.3. The van der Waals surface area contributed by atoms with Crippen molar-refractivity contribution in [1.29, 1.82) is 0 Å². The molecule has 2 rings (SSSR count). The van der Waals surface area contributed by atoms with Crippen LogP contribution < -0.4 is 4.74 Å². The molecule has 0 aliphatic heterocycles. The normalized spacial score (nSPS) is 21.9. The topological polar surface area (TPSA) is 9.23 Å². The van der Waals surface area contributed by atoms with Crippen molar-refractivity contribution in [2.75, 3.05) is 0 Å². The van der Waals surface area contributed by atoms with Gasteiger partial charge in [0.05, 0.1) is 0 Å². The van der Waals surface area contributed by atoms with Gasteiger partial charge in [0.2, 0.25) is 0 Å². The zero-order chi connectivity index (χ0) is 15.2. The van der Waals surface area contributed by atoms with E-state index in [9.17, 15) is 13.2 Å². The van der Waals surface area contributed by atoms with Gasteiger partial charge in [-0.05, 0) is 55.2 Å². The highest BCUT2D eigenvalue weighted by Crippen LogP contribution is 2.38. The van der Waals surface area contributed by atoms with E-state index in [1.54, 1.807) is 6.07 Å². The zero-order valence-electron chi connectivity index (χ0n) is 12.2. The molecule has 0 aromatic heterocycles. The molecule has 116 valence electrons. The number of ether oxygens (including phenoxy) is 1. The van der Waals surface area contributed by atoms with Crippen LogP contribution in [0.5, 0.6) is 5.75 Å². The maximum Gasteiger partial charge on any atom is 0.305 e. The van der Waals surface area contributed by atoms with Gasteiger partial charge in [0.1, 0.15) is 0 Å². The zero-order valence-corrected chi connectivity index (χ0v) is 12.2. The Hall–Kier alpha value is -1.45. The molecule has 0 radical (unpaired) electrons. The number of rotatable bonds is 5. The maximum atomic E-state index is 13.9. The van der Waals surface area contributed by atoms with Crippen molar-refractivity contribution < 1.29 is 17.9 Å². The molecule has 0 N–H and O–H groups in total.